The first-order valence-corrected chi connectivity index (χ1v) is 9.17. The van der Waals surface area contributed by atoms with Gasteiger partial charge in [-0.05, 0) is 31.7 Å². The van der Waals surface area contributed by atoms with Crippen molar-refractivity contribution < 1.29 is 8.42 Å². The quantitative estimate of drug-likeness (QED) is 0.723. The highest BCUT2D eigenvalue weighted by molar-refractivity contribution is 7.89. The fraction of sp³-hybridized carbons (Fsp3) is 0.714. The van der Waals surface area contributed by atoms with E-state index in [4.69, 9.17) is 11.6 Å². The Morgan fingerprint density at radius 2 is 2.00 bits per heavy atom. The summed E-state index contributed by atoms with van der Waals surface area (Å²) in [6.45, 7) is 4.03. The van der Waals surface area contributed by atoms with Crippen molar-refractivity contribution in [2.75, 3.05) is 7.05 Å². The Hall–Kier alpha value is -0.520. The van der Waals surface area contributed by atoms with E-state index >= 15 is 0 Å². The van der Waals surface area contributed by atoms with Gasteiger partial charge in [0.1, 0.15) is 4.90 Å². The fourth-order valence-corrected chi connectivity index (χ4v) is 4.37. The third-order valence-corrected chi connectivity index (χ3v) is 6.27. The van der Waals surface area contributed by atoms with Crippen molar-refractivity contribution in [3.05, 3.63) is 18.0 Å². The Labute approximate surface area is 126 Å². The highest BCUT2D eigenvalue weighted by atomic mass is 35.5. The summed E-state index contributed by atoms with van der Waals surface area (Å²) in [5.41, 5.74) is 0.894. The average Bonchev–Trinajstić information content (AvgIpc) is 3.18. The predicted octanol–water partition coefficient (Wildman–Crippen LogP) is 3.37. The molecule has 0 radical (unpaired) electrons. The van der Waals surface area contributed by atoms with Crippen LogP contribution in [0.1, 0.15) is 51.3 Å². The largest absolute Gasteiger partial charge is 0.346 e. The number of halogens is 1. The number of sulfonamides is 1. The normalized spacial score (nSPS) is 16.3. The highest BCUT2D eigenvalue weighted by Crippen LogP contribution is 2.38. The molecule has 0 amide bonds. The van der Waals surface area contributed by atoms with Crippen molar-refractivity contribution in [3.8, 4) is 0 Å². The molecule has 0 N–H and O–H groups in total. The highest BCUT2D eigenvalue weighted by Gasteiger charge is 2.31. The Kier molecular flexibility index (Phi) is 4.82. The van der Waals surface area contributed by atoms with E-state index in [2.05, 4.69) is 0 Å². The van der Waals surface area contributed by atoms with Gasteiger partial charge in [-0.15, -0.1) is 11.6 Å². The van der Waals surface area contributed by atoms with Crippen LogP contribution in [0.25, 0.3) is 0 Å². The summed E-state index contributed by atoms with van der Waals surface area (Å²) in [4.78, 5) is 0.370. The molecule has 2 rings (SSSR count). The molecular weight excluding hydrogens is 296 g/mol. The molecule has 1 aromatic rings. The van der Waals surface area contributed by atoms with Gasteiger partial charge in [-0.2, -0.15) is 4.31 Å². The van der Waals surface area contributed by atoms with E-state index in [0.717, 1.165) is 31.4 Å². The summed E-state index contributed by atoms with van der Waals surface area (Å²) in [7, 11) is -1.76. The van der Waals surface area contributed by atoms with Gasteiger partial charge in [0.15, 0.2) is 0 Å². The number of hydrogen-bond donors (Lipinski definition) is 0. The first-order chi connectivity index (χ1) is 9.45. The lowest BCUT2D eigenvalue weighted by atomic mass is 10.2. The van der Waals surface area contributed by atoms with Gasteiger partial charge in [-0.3, -0.25) is 0 Å². The van der Waals surface area contributed by atoms with Crippen LogP contribution in [0, 0.1) is 0 Å². The van der Waals surface area contributed by atoms with Gasteiger partial charge >= 0.3 is 0 Å². The zero-order valence-electron chi connectivity index (χ0n) is 12.3. The molecule has 1 aromatic heterocycles. The number of rotatable bonds is 7. The van der Waals surface area contributed by atoms with E-state index in [1.54, 1.807) is 19.3 Å². The first kappa shape index (κ1) is 15.9. The monoisotopic (exact) mass is 318 g/mol. The average molecular weight is 319 g/mol. The van der Waals surface area contributed by atoms with Crippen molar-refractivity contribution in [2.24, 2.45) is 0 Å². The smallest absolute Gasteiger partial charge is 0.244 e. The lowest BCUT2D eigenvalue weighted by molar-refractivity contribution is 0.349. The van der Waals surface area contributed by atoms with Crippen LogP contribution < -0.4 is 0 Å². The molecule has 6 heteroatoms. The molecule has 4 nitrogen and oxygen atoms in total. The lowest BCUT2D eigenvalue weighted by Gasteiger charge is -2.24. The second kappa shape index (κ2) is 6.08. The number of hydrogen-bond acceptors (Lipinski definition) is 2. The van der Waals surface area contributed by atoms with Crippen LogP contribution in [-0.4, -0.2) is 30.4 Å². The summed E-state index contributed by atoms with van der Waals surface area (Å²) in [6, 6.07) is 2.20. The SMILES string of the molecule is CCC(CC)N(C)S(=O)(=O)c1cc(CCl)n(C2CC2)c1. The van der Waals surface area contributed by atoms with Crippen molar-refractivity contribution >= 4 is 21.6 Å². The van der Waals surface area contributed by atoms with Gasteiger partial charge in [0, 0.05) is 31.0 Å². The van der Waals surface area contributed by atoms with Gasteiger partial charge in [0.2, 0.25) is 10.0 Å². The maximum absolute atomic E-state index is 12.7. The fourth-order valence-electron chi connectivity index (χ4n) is 2.60. The maximum atomic E-state index is 12.7. The van der Waals surface area contributed by atoms with E-state index < -0.39 is 10.0 Å². The molecule has 0 saturated heterocycles. The molecule has 0 unspecified atom stereocenters. The topological polar surface area (TPSA) is 42.3 Å². The molecule has 1 aliphatic rings. The van der Waals surface area contributed by atoms with Crippen LogP contribution in [0.5, 0.6) is 0 Å². The van der Waals surface area contributed by atoms with E-state index in [-0.39, 0.29) is 6.04 Å². The number of alkyl halides is 1. The molecular formula is C14H23ClN2O2S. The first-order valence-electron chi connectivity index (χ1n) is 7.20. The Morgan fingerprint density at radius 3 is 2.45 bits per heavy atom. The zero-order chi connectivity index (χ0) is 14.9. The maximum Gasteiger partial charge on any atom is 0.244 e. The van der Waals surface area contributed by atoms with E-state index in [0.29, 0.717) is 16.8 Å². The van der Waals surface area contributed by atoms with Crippen LogP contribution >= 0.6 is 11.6 Å². The van der Waals surface area contributed by atoms with Crippen LogP contribution in [0.15, 0.2) is 17.2 Å². The second-order valence-electron chi connectivity index (χ2n) is 5.43. The molecule has 0 atom stereocenters. The zero-order valence-corrected chi connectivity index (χ0v) is 13.9. The second-order valence-corrected chi connectivity index (χ2v) is 7.70. The Morgan fingerprint density at radius 1 is 1.40 bits per heavy atom. The minimum absolute atomic E-state index is 0.0451. The van der Waals surface area contributed by atoms with Gasteiger partial charge in [-0.1, -0.05) is 13.8 Å². The third kappa shape index (κ3) is 2.90. The summed E-state index contributed by atoms with van der Waals surface area (Å²) < 4.78 is 28.9. The van der Waals surface area contributed by atoms with Crippen molar-refractivity contribution in [2.45, 2.75) is 62.4 Å². The van der Waals surface area contributed by atoms with Crippen LogP contribution in [0.2, 0.25) is 0 Å². The van der Waals surface area contributed by atoms with Crippen molar-refractivity contribution in [1.29, 1.82) is 0 Å². The number of nitrogens with zero attached hydrogens (tertiary/aromatic N) is 2. The minimum atomic E-state index is -3.43. The van der Waals surface area contributed by atoms with Crippen molar-refractivity contribution in [3.63, 3.8) is 0 Å². The third-order valence-electron chi connectivity index (χ3n) is 4.12. The van der Waals surface area contributed by atoms with Crippen molar-refractivity contribution in [1.82, 2.24) is 8.87 Å². The van der Waals surface area contributed by atoms with E-state index in [1.807, 2.05) is 18.4 Å². The Balaban J connectivity index is 2.34. The summed E-state index contributed by atoms with van der Waals surface area (Å²) in [5.74, 6) is 0.348. The lowest BCUT2D eigenvalue weighted by Crippen LogP contribution is -2.36. The predicted molar refractivity (Wildman–Crippen MR) is 81.6 cm³/mol. The molecule has 0 aromatic carbocycles. The van der Waals surface area contributed by atoms with Gasteiger partial charge in [0.25, 0.3) is 0 Å². The molecule has 20 heavy (non-hydrogen) atoms. The van der Waals surface area contributed by atoms with Gasteiger partial charge < -0.3 is 4.57 Å². The molecule has 0 spiro atoms. The summed E-state index contributed by atoms with van der Waals surface area (Å²) in [6.07, 6.45) is 5.61. The minimum Gasteiger partial charge on any atom is -0.346 e. The summed E-state index contributed by atoms with van der Waals surface area (Å²) in [5, 5.41) is 0. The molecule has 1 saturated carbocycles. The van der Waals surface area contributed by atoms with Gasteiger partial charge in [-0.25, -0.2) is 8.42 Å². The number of aromatic nitrogens is 1. The van der Waals surface area contributed by atoms with E-state index in [1.165, 1.54) is 4.31 Å². The summed E-state index contributed by atoms with van der Waals surface area (Å²) >= 11 is 5.93. The molecule has 1 heterocycles. The molecule has 114 valence electrons. The molecule has 0 bridgehead atoms. The molecule has 1 fully saturated rings. The van der Waals surface area contributed by atoms with Crippen LogP contribution in [0.3, 0.4) is 0 Å². The molecule has 0 aliphatic heterocycles. The van der Waals surface area contributed by atoms with Gasteiger partial charge in [0.05, 0.1) is 5.88 Å². The Bertz CT molecular complexity index is 560. The van der Waals surface area contributed by atoms with Crippen LogP contribution in [0.4, 0.5) is 0 Å². The molecule has 1 aliphatic carbocycles. The standard InChI is InChI=1S/C14H23ClN2O2S/c1-4-11(5-2)16(3)20(18,19)14-8-13(9-15)17(10-14)12-6-7-12/h8,10-12H,4-7,9H2,1-3H3. The van der Waals surface area contributed by atoms with Crippen LogP contribution in [-0.2, 0) is 15.9 Å². The van der Waals surface area contributed by atoms with E-state index in [9.17, 15) is 8.42 Å².